The van der Waals surface area contributed by atoms with Crippen molar-refractivity contribution in [3.8, 4) is 11.1 Å². The molecule has 2 atom stereocenters. The fraction of sp³-hybridized carbons (Fsp3) is 0.259. The van der Waals surface area contributed by atoms with E-state index in [1.54, 1.807) is 10.4 Å². The molecule has 0 radical (unpaired) electrons. The average molecular weight is 445 g/mol. The van der Waals surface area contributed by atoms with E-state index in [4.69, 9.17) is 5.21 Å². The van der Waals surface area contributed by atoms with Gasteiger partial charge in [-0.3, -0.25) is 14.8 Å². The number of carbonyl (C=O) groups is 2. The second-order valence-corrected chi connectivity index (χ2v) is 8.48. The van der Waals surface area contributed by atoms with Gasteiger partial charge in [0.2, 0.25) is 11.8 Å². The Bertz CT molecular complexity index is 1140. The quantitative estimate of drug-likeness (QED) is 0.380. The van der Waals surface area contributed by atoms with Crippen LogP contribution >= 0.6 is 0 Å². The van der Waals surface area contributed by atoms with Crippen molar-refractivity contribution >= 4 is 11.8 Å². The predicted molar refractivity (Wildman–Crippen MR) is 125 cm³/mol. The number of rotatable bonds is 7. The minimum atomic E-state index is -0.718. The van der Waals surface area contributed by atoms with Crippen LogP contribution in [0.2, 0.25) is 0 Å². The van der Waals surface area contributed by atoms with E-state index in [2.05, 4.69) is 19.1 Å². The van der Waals surface area contributed by atoms with Gasteiger partial charge < -0.3 is 10.0 Å². The average Bonchev–Trinajstić information content (AvgIpc) is 3.17. The number of hydroxylamine groups is 1. The van der Waals surface area contributed by atoms with Gasteiger partial charge in [0.1, 0.15) is 0 Å². The summed E-state index contributed by atoms with van der Waals surface area (Å²) >= 11 is 0. The SMILES string of the molecule is Cc1ccccc1-c1ccc(CN(C(=O)CCC(=O)NO)[C@H]2c3ccccc3C[C@H]2O)cc1. The first-order valence-electron chi connectivity index (χ1n) is 11.1. The number of hydrogen-bond acceptors (Lipinski definition) is 4. The Labute approximate surface area is 193 Å². The summed E-state index contributed by atoms with van der Waals surface area (Å²) in [6.07, 6.45) is -0.417. The Morgan fingerprint density at radius 1 is 0.970 bits per heavy atom. The van der Waals surface area contributed by atoms with Crippen molar-refractivity contribution in [2.75, 3.05) is 0 Å². The third-order valence-corrected chi connectivity index (χ3v) is 6.28. The molecule has 3 aromatic rings. The molecular formula is C27H28N2O4. The molecular weight excluding hydrogens is 416 g/mol. The Kier molecular flexibility index (Phi) is 6.87. The molecule has 0 aromatic heterocycles. The number of carbonyl (C=O) groups excluding carboxylic acids is 2. The molecule has 0 aliphatic heterocycles. The minimum Gasteiger partial charge on any atom is -0.390 e. The molecule has 6 nitrogen and oxygen atoms in total. The number of nitrogens with zero attached hydrogens (tertiary/aromatic N) is 1. The van der Waals surface area contributed by atoms with Crippen molar-refractivity contribution in [1.29, 1.82) is 0 Å². The zero-order valence-electron chi connectivity index (χ0n) is 18.6. The predicted octanol–water partition coefficient (Wildman–Crippen LogP) is 3.93. The molecule has 33 heavy (non-hydrogen) atoms. The van der Waals surface area contributed by atoms with Gasteiger partial charge in [0.25, 0.3) is 0 Å². The van der Waals surface area contributed by atoms with Crippen LogP contribution in [0.1, 0.15) is 41.1 Å². The number of aliphatic hydroxyl groups is 1. The highest BCUT2D eigenvalue weighted by Gasteiger charge is 2.37. The van der Waals surface area contributed by atoms with Crippen molar-refractivity contribution < 1.29 is 19.9 Å². The summed E-state index contributed by atoms with van der Waals surface area (Å²) < 4.78 is 0. The molecule has 0 saturated carbocycles. The molecule has 4 rings (SSSR count). The van der Waals surface area contributed by atoms with E-state index in [1.807, 2.05) is 60.7 Å². The molecule has 0 heterocycles. The molecule has 3 N–H and O–H groups in total. The third kappa shape index (κ3) is 4.97. The molecule has 1 aliphatic carbocycles. The second kappa shape index (κ2) is 9.98. The lowest BCUT2D eigenvalue weighted by Crippen LogP contribution is -2.39. The molecule has 2 amide bonds. The number of benzene rings is 3. The van der Waals surface area contributed by atoms with Crippen LogP contribution < -0.4 is 5.48 Å². The van der Waals surface area contributed by atoms with Crippen molar-refractivity contribution in [3.05, 3.63) is 95.1 Å². The van der Waals surface area contributed by atoms with Crippen molar-refractivity contribution in [3.63, 3.8) is 0 Å². The Balaban J connectivity index is 1.61. The summed E-state index contributed by atoms with van der Waals surface area (Å²) in [5.41, 5.74) is 7.91. The van der Waals surface area contributed by atoms with Crippen LogP contribution in [0.5, 0.6) is 0 Å². The molecule has 0 saturated heterocycles. The number of nitrogens with one attached hydrogen (secondary N) is 1. The van der Waals surface area contributed by atoms with Crippen molar-refractivity contribution in [1.82, 2.24) is 10.4 Å². The Hall–Kier alpha value is -3.48. The standard InChI is InChI=1S/C27H28N2O4/c1-18-6-2-4-8-22(18)20-12-10-19(11-13-20)17-29(26(32)15-14-25(31)28-33)27-23-9-5-3-7-21(23)16-24(27)30/h2-13,24,27,30,33H,14-17H2,1H3,(H,28,31)/t24-,27+/m1/s1. The Morgan fingerprint density at radius 3 is 2.39 bits per heavy atom. The summed E-state index contributed by atoms with van der Waals surface area (Å²) in [5.74, 6) is -0.861. The van der Waals surface area contributed by atoms with Gasteiger partial charge >= 0.3 is 0 Å². The maximum atomic E-state index is 13.2. The number of fused-ring (bicyclic) bond motifs is 1. The van der Waals surface area contributed by atoms with Crippen molar-refractivity contribution in [2.24, 2.45) is 0 Å². The van der Waals surface area contributed by atoms with Gasteiger partial charge in [0.15, 0.2) is 0 Å². The summed E-state index contributed by atoms with van der Waals surface area (Å²) in [4.78, 5) is 26.4. The first-order chi connectivity index (χ1) is 16.0. The highest BCUT2D eigenvalue weighted by atomic mass is 16.5. The third-order valence-electron chi connectivity index (χ3n) is 6.28. The number of aryl methyl sites for hydroxylation is 1. The normalized spacial score (nSPS) is 16.8. The summed E-state index contributed by atoms with van der Waals surface area (Å²) in [6, 6.07) is 23.5. The van der Waals surface area contributed by atoms with E-state index in [0.717, 1.165) is 27.8 Å². The molecule has 0 bridgehead atoms. The highest BCUT2D eigenvalue weighted by molar-refractivity contribution is 5.83. The van der Waals surface area contributed by atoms with Gasteiger partial charge in [0.05, 0.1) is 12.1 Å². The zero-order valence-corrected chi connectivity index (χ0v) is 18.6. The number of hydrogen-bond donors (Lipinski definition) is 3. The molecule has 6 heteroatoms. The monoisotopic (exact) mass is 444 g/mol. The van der Waals surface area contributed by atoms with Crippen LogP contribution in [0.15, 0.2) is 72.8 Å². The topological polar surface area (TPSA) is 89.9 Å². The summed E-state index contributed by atoms with van der Waals surface area (Å²) in [6.45, 7) is 2.38. The van der Waals surface area contributed by atoms with E-state index in [9.17, 15) is 14.7 Å². The fourth-order valence-electron chi connectivity index (χ4n) is 4.57. The van der Waals surface area contributed by atoms with Crippen LogP contribution in [0.3, 0.4) is 0 Å². The van der Waals surface area contributed by atoms with Gasteiger partial charge in [0, 0.05) is 25.8 Å². The summed E-state index contributed by atoms with van der Waals surface area (Å²) in [5, 5.41) is 19.6. The van der Waals surface area contributed by atoms with Gasteiger partial charge in [-0.1, -0.05) is 72.8 Å². The molecule has 170 valence electrons. The molecule has 0 unspecified atom stereocenters. The van der Waals surface area contributed by atoms with Crippen LogP contribution in [0, 0.1) is 6.92 Å². The second-order valence-electron chi connectivity index (χ2n) is 8.48. The first kappa shape index (κ1) is 22.7. The first-order valence-corrected chi connectivity index (χ1v) is 11.1. The Morgan fingerprint density at radius 2 is 1.67 bits per heavy atom. The van der Waals surface area contributed by atoms with Crippen LogP contribution in [0.4, 0.5) is 0 Å². The van der Waals surface area contributed by atoms with Crippen LogP contribution in [0.25, 0.3) is 11.1 Å². The molecule has 3 aromatic carbocycles. The highest BCUT2D eigenvalue weighted by Crippen LogP contribution is 2.37. The van der Waals surface area contributed by atoms with E-state index in [-0.39, 0.29) is 18.7 Å². The molecule has 1 aliphatic rings. The van der Waals surface area contributed by atoms with Crippen LogP contribution in [-0.2, 0) is 22.6 Å². The molecule has 0 spiro atoms. The summed E-state index contributed by atoms with van der Waals surface area (Å²) in [7, 11) is 0. The van der Waals surface area contributed by atoms with E-state index in [0.29, 0.717) is 13.0 Å². The largest absolute Gasteiger partial charge is 0.390 e. The molecule has 0 fully saturated rings. The number of aliphatic hydroxyl groups excluding tert-OH is 1. The minimum absolute atomic E-state index is 0.0565. The zero-order chi connectivity index (χ0) is 23.4. The van der Waals surface area contributed by atoms with E-state index in [1.165, 1.54) is 5.56 Å². The number of amides is 2. The smallest absolute Gasteiger partial charge is 0.243 e. The maximum Gasteiger partial charge on any atom is 0.243 e. The van der Waals surface area contributed by atoms with Crippen molar-refractivity contribution in [2.45, 2.75) is 44.9 Å². The fourth-order valence-corrected chi connectivity index (χ4v) is 4.57. The maximum absolute atomic E-state index is 13.2. The lowest BCUT2D eigenvalue weighted by Gasteiger charge is -2.32. The van der Waals surface area contributed by atoms with Gasteiger partial charge in [-0.25, -0.2) is 5.48 Å². The van der Waals surface area contributed by atoms with E-state index >= 15 is 0 Å². The van der Waals surface area contributed by atoms with Crippen LogP contribution in [-0.4, -0.2) is 33.1 Å². The van der Waals surface area contributed by atoms with Gasteiger partial charge in [-0.2, -0.15) is 0 Å². The van der Waals surface area contributed by atoms with Gasteiger partial charge in [-0.15, -0.1) is 0 Å². The lowest BCUT2D eigenvalue weighted by molar-refractivity contribution is -0.140. The lowest BCUT2D eigenvalue weighted by atomic mass is 9.99. The van der Waals surface area contributed by atoms with Gasteiger partial charge in [-0.05, 0) is 40.3 Å². The van der Waals surface area contributed by atoms with E-state index < -0.39 is 18.1 Å².